The van der Waals surface area contributed by atoms with E-state index in [0.717, 1.165) is 84.6 Å². The fourth-order valence-electron chi connectivity index (χ4n) is 9.69. The van der Waals surface area contributed by atoms with Crippen LogP contribution in [0.2, 0.25) is 5.02 Å². The largest absolute Gasteiger partial charge is 0.428 e. The summed E-state index contributed by atoms with van der Waals surface area (Å²) in [5.74, 6) is -0.190. The molecule has 18 nitrogen and oxygen atoms in total. The van der Waals surface area contributed by atoms with Gasteiger partial charge in [0, 0.05) is 77.2 Å². The zero-order valence-electron chi connectivity index (χ0n) is 45.5. The molecule has 6 aromatic rings. The number of pyridine rings is 1. The molecule has 416 valence electrons. The predicted molar refractivity (Wildman–Crippen MR) is 300 cm³/mol. The highest BCUT2D eigenvalue weighted by atomic mass is 35.5. The van der Waals surface area contributed by atoms with Crippen LogP contribution in [-0.4, -0.2) is 113 Å². The molecule has 2 aliphatic rings. The number of ether oxygens (including phenoxy) is 3. The van der Waals surface area contributed by atoms with Crippen molar-refractivity contribution >= 4 is 67.9 Å². The van der Waals surface area contributed by atoms with Crippen LogP contribution in [0.4, 0.5) is 0 Å². The smallest absolute Gasteiger partial charge is 0.314 e. The van der Waals surface area contributed by atoms with Gasteiger partial charge in [-0.25, -0.2) is 12.9 Å². The number of hydrogen-bond acceptors (Lipinski definition) is 14. The van der Waals surface area contributed by atoms with E-state index in [1.54, 1.807) is 74.2 Å². The van der Waals surface area contributed by atoms with Crippen LogP contribution in [0.5, 0.6) is 0 Å². The topological polar surface area (TPSA) is 218 Å². The van der Waals surface area contributed by atoms with E-state index in [0.29, 0.717) is 59.0 Å². The maximum atomic E-state index is 14.5. The van der Waals surface area contributed by atoms with Crippen molar-refractivity contribution in [2.45, 2.75) is 136 Å². The Bertz CT molecular complexity index is 3280. The number of amides is 2. The van der Waals surface area contributed by atoms with Crippen LogP contribution in [0, 0.1) is 26.2 Å². The first kappa shape index (κ1) is 57.8. The number of aromatic nitrogens is 5. The second kappa shape index (κ2) is 25.6. The van der Waals surface area contributed by atoms with Gasteiger partial charge in [-0.1, -0.05) is 68.3 Å². The Labute approximate surface area is 465 Å². The van der Waals surface area contributed by atoms with Crippen LogP contribution < -0.4 is 10.6 Å². The first-order valence-electron chi connectivity index (χ1n) is 26.7. The summed E-state index contributed by atoms with van der Waals surface area (Å²) in [7, 11) is -2.46. The van der Waals surface area contributed by atoms with Crippen molar-refractivity contribution in [3.63, 3.8) is 0 Å². The Morgan fingerprint density at radius 1 is 0.833 bits per heavy atom. The van der Waals surface area contributed by atoms with Gasteiger partial charge >= 0.3 is 11.9 Å². The molecule has 0 unspecified atom stereocenters. The fraction of sp³-hybridized carbons (Fsp3) is 0.474. The van der Waals surface area contributed by atoms with Crippen LogP contribution in [0.3, 0.4) is 0 Å². The lowest BCUT2D eigenvalue weighted by Gasteiger charge is -2.31. The van der Waals surface area contributed by atoms with Crippen LogP contribution in [0.1, 0.15) is 147 Å². The number of aryl methyl sites for hydroxylation is 2. The summed E-state index contributed by atoms with van der Waals surface area (Å²) in [6.07, 6.45) is 11.9. The number of esters is 2. The number of methoxy groups -OCH3 is 1. The van der Waals surface area contributed by atoms with Gasteiger partial charge in [0.15, 0.2) is 5.82 Å². The number of nitrogens with zero attached hydrogens (tertiary/aromatic N) is 7. The van der Waals surface area contributed by atoms with Gasteiger partial charge in [0.2, 0.25) is 22.7 Å². The summed E-state index contributed by atoms with van der Waals surface area (Å²) >= 11 is 7.94. The second-order valence-corrected chi connectivity index (χ2v) is 24.5. The molecule has 2 aromatic carbocycles. The fourth-order valence-corrected chi connectivity index (χ4v) is 12.7. The molecule has 6 heterocycles. The van der Waals surface area contributed by atoms with Crippen molar-refractivity contribution in [2.75, 3.05) is 40.1 Å². The Hall–Kier alpha value is -6.32. The second-order valence-electron chi connectivity index (χ2n) is 21.0. The van der Waals surface area contributed by atoms with Crippen LogP contribution >= 0.6 is 22.9 Å². The number of fused-ring (bicyclic) bond motifs is 4. The maximum absolute atomic E-state index is 14.5. The molecule has 2 aliphatic heterocycles. The normalized spacial score (nSPS) is 15.1. The lowest BCUT2D eigenvalue weighted by molar-refractivity contribution is -0.172. The number of hydrogen-bond donors (Lipinski definition) is 2. The zero-order chi connectivity index (χ0) is 55.7. The number of piperidine rings is 1. The van der Waals surface area contributed by atoms with Crippen molar-refractivity contribution < 1.29 is 41.8 Å². The number of rotatable bonds is 23. The maximum Gasteiger partial charge on any atom is 0.314 e. The molecule has 0 saturated carbocycles. The quantitative estimate of drug-likeness (QED) is 0.0348. The minimum Gasteiger partial charge on any atom is -0.428 e. The highest BCUT2D eigenvalue weighted by molar-refractivity contribution is 7.89. The Kier molecular flexibility index (Phi) is 19.0. The Morgan fingerprint density at radius 2 is 1.51 bits per heavy atom. The monoisotopic (exact) mass is 1120 g/mol. The van der Waals surface area contributed by atoms with Crippen molar-refractivity contribution in [1.29, 1.82) is 0 Å². The first-order chi connectivity index (χ1) is 37.3. The molecule has 21 heteroatoms. The lowest BCUT2D eigenvalue weighted by atomic mass is 9.98. The molecule has 2 amide bonds. The van der Waals surface area contributed by atoms with Crippen LogP contribution in [-0.2, 0) is 45.0 Å². The van der Waals surface area contributed by atoms with Crippen molar-refractivity contribution in [2.24, 2.45) is 10.4 Å². The minimum atomic E-state index is -4.08. The lowest BCUT2D eigenvalue weighted by Crippen LogP contribution is -2.40. The molecular formula is C57H70ClN9O9S2. The van der Waals surface area contributed by atoms with Gasteiger partial charge < -0.3 is 24.8 Å². The van der Waals surface area contributed by atoms with Gasteiger partial charge in [0.05, 0.1) is 46.7 Å². The highest BCUT2D eigenvalue weighted by Gasteiger charge is 2.34. The van der Waals surface area contributed by atoms with Gasteiger partial charge in [-0.15, -0.1) is 21.5 Å². The molecule has 2 N–H and O–H groups in total. The summed E-state index contributed by atoms with van der Waals surface area (Å²) in [6.45, 7) is 12.3. The minimum absolute atomic E-state index is 0.00292. The van der Waals surface area contributed by atoms with E-state index in [1.807, 2.05) is 31.2 Å². The van der Waals surface area contributed by atoms with Gasteiger partial charge in [0.25, 0.3) is 5.91 Å². The van der Waals surface area contributed by atoms with Crippen molar-refractivity contribution in [1.82, 2.24) is 39.3 Å². The number of benzene rings is 2. The van der Waals surface area contributed by atoms with Gasteiger partial charge in [-0.05, 0) is 115 Å². The summed E-state index contributed by atoms with van der Waals surface area (Å²) in [6, 6.07) is 15.3. The molecule has 0 aliphatic carbocycles. The summed E-state index contributed by atoms with van der Waals surface area (Å²) in [4.78, 5) is 58.3. The molecular weight excluding hydrogens is 1050 g/mol. The first-order valence-corrected chi connectivity index (χ1v) is 29.3. The van der Waals surface area contributed by atoms with E-state index in [9.17, 15) is 27.6 Å². The summed E-state index contributed by atoms with van der Waals surface area (Å²) in [5, 5.41) is 21.0. The number of aliphatic imine (C=N–C) groups is 1. The van der Waals surface area contributed by atoms with Crippen molar-refractivity contribution in [3.05, 3.63) is 116 Å². The van der Waals surface area contributed by atoms with Crippen LogP contribution in [0.15, 0.2) is 76.9 Å². The predicted octanol–water partition coefficient (Wildman–Crippen LogP) is 9.60. The average Bonchev–Trinajstić information content (AvgIpc) is 4.08. The molecule has 0 radical (unpaired) electrons. The number of thiophene rings is 1. The molecule has 0 spiro atoms. The zero-order valence-corrected chi connectivity index (χ0v) is 47.9. The number of unbranched alkanes of at least 4 members (excludes halogenated alkanes) is 7. The van der Waals surface area contributed by atoms with E-state index in [2.05, 4.69) is 44.3 Å². The van der Waals surface area contributed by atoms with E-state index >= 15 is 0 Å². The highest BCUT2D eigenvalue weighted by Crippen LogP contribution is 2.40. The molecule has 1 saturated heterocycles. The number of nitrogens with one attached hydrogen (secondary N) is 2. The van der Waals surface area contributed by atoms with Crippen LogP contribution in [0.25, 0.3) is 21.6 Å². The van der Waals surface area contributed by atoms with E-state index in [-0.39, 0.29) is 54.3 Å². The molecule has 4 aromatic heterocycles. The van der Waals surface area contributed by atoms with Crippen molar-refractivity contribution in [3.8, 4) is 16.1 Å². The van der Waals surface area contributed by atoms with E-state index in [1.165, 1.54) is 21.4 Å². The van der Waals surface area contributed by atoms with E-state index in [4.69, 9.17) is 30.8 Å². The average molecular weight is 1120 g/mol. The van der Waals surface area contributed by atoms with E-state index < -0.39 is 40.2 Å². The summed E-state index contributed by atoms with van der Waals surface area (Å²) < 4.78 is 49.8. The Morgan fingerprint density at radius 3 is 2.19 bits per heavy atom. The number of carbonyl (C=O) groups excluding carboxylic acids is 4. The third-order valence-electron chi connectivity index (χ3n) is 14.3. The molecule has 1 fully saturated rings. The number of sulfonamides is 1. The molecule has 78 heavy (non-hydrogen) atoms. The number of carbonyl (C=O) groups is 4. The molecule has 0 bridgehead atoms. The molecule has 8 rings (SSSR count). The standard InChI is InChI=1S/C57H70ClN9O9S2/c1-36-37(2)77-55-51(36)52(39-16-19-43(58)20-17-39)62-46(53-64-63-38(3)67(53)55)33-49(68)59-25-14-12-10-8-9-11-13-15-26-60-54(70)41-18-21-45(48(31-41)78(72,73)65-27-23-44(74-7)24-28-65)40-22-29-66-47(30-40)42(34-61-66)32-50(69)75-35-76-56(71)57(4,5)6/h16-22,29-31,34,44,46H,8-15,23-28,32-33,35H2,1-7H3,(H,59,68)(H,60,70)/t46-/m0/s1. The SMILES string of the molecule is COC1CCN(S(=O)(=O)c2cc(C(=O)NCCCCCCCCCCNC(=O)C[C@@H]3N=C(c4ccc(Cl)cc4)c4c(sc(C)c4C)-n4c(C)nnc43)ccc2-c2ccn3ncc(CC(=O)OCOC(=O)C(C)(C)C)c3c2)CC1. The van der Waals surface area contributed by atoms with Gasteiger partial charge in [-0.3, -0.25) is 28.7 Å². The summed E-state index contributed by atoms with van der Waals surface area (Å²) in [5.41, 5.74) is 5.40. The third-order valence-corrected chi connectivity index (χ3v) is 17.7. The van der Waals surface area contributed by atoms with Gasteiger partial charge in [0.1, 0.15) is 16.9 Å². The van der Waals surface area contributed by atoms with Gasteiger partial charge in [-0.2, -0.15) is 9.40 Å². The Balaban J connectivity index is 0.798. The third kappa shape index (κ3) is 13.7. The molecule has 1 atom stereocenters. The number of halogens is 1.